The van der Waals surface area contributed by atoms with E-state index in [0.717, 1.165) is 19.5 Å². The van der Waals surface area contributed by atoms with Gasteiger partial charge >= 0.3 is 0 Å². The number of sulfonamides is 1. The molecule has 2 aromatic carbocycles. The van der Waals surface area contributed by atoms with Crippen LogP contribution in [0.1, 0.15) is 30.6 Å². The van der Waals surface area contributed by atoms with Crippen molar-refractivity contribution in [3.8, 4) is 11.5 Å². The van der Waals surface area contributed by atoms with Crippen molar-refractivity contribution >= 4 is 21.6 Å². The van der Waals surface area contributed by atoms with Gasteiger partial charge in [0.2, 0.25) is 0 Å². The summed E-state index contributed by atoms with van der Waals surface area (Å²) in [5.74, 6) is 1.13. The smallest absolute Gasteiger partial charge is 0.262 e. The first kappa shape index (κ1) is 22.4. The van der Waals surface area contributed by atoms with Crippen LogP contribution < -0.4 is 19.5 Å². The zero-order chi connectivity index (χ0) is 22.7. The van der Waals surface area contributed by atoms with Crippen LogP contribution >= 0.6 is 0 Å². The van der Waals surface area contributed by atoms with Crippen LogP contribution in [0, 0.1) is 5.92 Å². The highest BCUT2D eigenvalue weighted by atomic mass is 32.2. The molecule has 2 aliphatic rings. The third-order valence-corrected chi connectivity index (χ3v) is 7.18. The lowest BCUT2D eigenvalue weighted by Crippen LogP contribution is -2.33. The molecule has 32 heavy (non-hydrogen) atoms. The van der Waals surface area contributed by atoms with E-state index in [4.69, 9.17) is 9.47 Å². The largest absolute Gasteiger partial charge is 0.486 e. The molecule has 0 spiro atoms. The number of ether oxygens (including phenoxy) is 2. The Labute approximate surface area is 189 Å². The first-order chi connectivity index (χ1) is 15.3. The minimum Gasteiger partial charge on any atom is -0.486 e. The molecule has 172 valence electrons. The molecule has 1 unspecified atom stereocenters. The summed E-state index contributed by atoms with van der Waals surface area (Å²) in [4.78, 5) is 15.1. The third-order valence-electron chi connectivity index (χ3n) is 5.80. The molecule has 4 rings (SSSR count). The Morgan fingerprint density at radius 2 is 1.91 bits per heavy atom. The second-order valence-corrected chi connectivity index (χ2v) is 10.1. The quantitative estimate of drug-likeness (QED) is 0.661. The van der Waals surface area contributed by atoms with Gasteiger partial charge in [-0.25, -0.2) is 8.42 Å². The molecule has 8 nitrogen and oxygen atoms in total. The second kappa shape index (κ2) is 9.38. The van der Waals surface area contributed by atoms with Crippen LogP contribution in [-0.2, 0) is 10.0 Å². The first-order valence-corrected chi connectivity index (χ1v) is 12.3. The van der Waals surface area contributed by atoms with E-state index >= 15 is 0 Å². The molecule has 0 bridgehead atoms. The van der Waals surface area contributed by atoms with Gasteiger partial charge < -0.3 is 19.7 Å². The molecule has 2 N–H and O–H groups in total. The Morgan fingerprint density at radius 1 is 1.12 bits per heavy atom. The van der Waals surface area contributed by atoms with Crippen molar-refractivity contribution < 1.29 is 22.7 Å². The number of hydrogen-bond donors (Lipinski definition) is 2. The van der Waals surface area contributed by atoms with Crippen molar-refractivity contribution in [3.63, 3.8) is 0 Å². The molecule has 1 saturated heterocycles. The summed E-state index contributed by atoms with van der Waals surface area (Å²) in [5, 5.41) is 2.98. The number of likely N-dealkylation sites (tertiary alicyclic amines) is 1. The molecule has 1 amide bonds. The Balaban J connectivity index is 1.40. The van der Waals surface area contributed by atoms with Crippen LogP contribution in [0.3, 0.4) is 0 Å². The molecule has 0 aromatic heterocycles. The summed E-state index contributed by atoms with van der Waals surface area (Å²) >= 11 is 0. The number of hydrogen-bond acceptors (Lipinski definition) is 6. The van der Waals surface area contributed by atoms with Crippen LogP contribution in [0.5, 0.6) is 11.5 Å². The predicted octanol–water partition coefficient (Wildman–Crippen LogP) is 2.72. The summed E-state index contributed by atoms with van der Waals surface area (Å²) in [6.45, 7) is 7.80. The molecular weight excluding hydrogens is 430 g/mol. The number of anilines is 1. The van der Waals surface area contributed by atoms with Crippen molar-refractivity contribution in [2.24, 2.45) is 5.92 Å². The first-order valence-electron chi connectivity index (χ1n) is 10.9. The molecule has 9 heteroatoms. The van der Waals surface area contributed by atoms with Crippen LogP contribution in [-0.4, -0.2) is 58.1 Å². The number of nitrogens with zero attached hydrogens (tertiary/aromatic N) is 1. The van der Waals surface area contributed by atoms with E-state index in [1.807, 2.05) is 0 Å². The zero-order valence-electron chi connectivity index (χ0n) is 18.3. The van der Waals surface area contributed by atoms with Crippen molar-refractivity contribution in [2.75, 3.05) is 37.6 Å². The molecule has 0 radical (unpaired) electrons. The average molecular weight is 460 g/mol. The summed E-state index contributed by atoms with van der Waals surface area (Å²) < 4.78 is 39.1. The molecule has 2 heterocycles. The minimum atomic E-state index is -3.85. The van der Waals surface area contributed by atoms with Gasteiger partial charge in [-0.3, -0.25) is 9.52 Å². The minimum absolute atomic E-state index is 0.0625. The van der Waals surface area contributed by atoms with Gasteiger partial charge in [0.1, 0.15) is 13.2 Å². The summed E-state index contributed by atoms with van der Waals surface area (Å²) in [7, 11) is -3.85. The van der Waals surface area contributed by atoms with Gasteiger partial charge in [0.15, 0.2) is 11.5 Å². The molecule has 1 fully saturated rings. The Kier molecular flexibility index (Phi) is 6.57. The lowest BCUT2D eigenvalue weighted by atomic mass is 10.1. The standard InChI is InChI=1S/C23H29N3O5S/c1-16(2)26-9-8-17(15-26)14-24-23(27)18-4-3-5-19(12-18)25-32(28,29)20-6-7-21-22(13-20)31-11-10-30-21/h3-7,12-13,16-17,25H,8-11,14-15H2,1-2H3,(H,24,27). The molecule has 1 atom stereocenters. The van der Waals surface area contributed by atoms with Crippen LogP contribution in [0.25, 0.3) is 0 Å². The monoisotopic (exact) mass is 459 g/mol. The molecule has 2 aromatic rings. The van der Waals surface area contributed by atoms with E-state index in [9.17, 15) is 13.2 Å². The lowest BCUT2D eigenvalue weighted by molar-refractivity contribution is 0.0947. The molecular formula is C23H29N3O5S. The number of rotatable bonds is 7. The molecule has 0 aliphatic carbocycles. The fourth-order valence-electron chi connectivity index (χ4n) is 3.97. The van der Waals surface area contributed by atoms with Gasteiger partial charge in [-0.15, -0.1) is 0 Å². The maximum atomic E-state index is 12.8. The topological polar surface area (TPSA) is 97.0 Å². The second-order valence-electron chi connectivity index (χ2n) is 8.45. The third kappa shape index (κ3) is 5.16. The molecule has 2 aliphatic heterocycles. The van der Waals surface area contributed by atoms with Gasteiger partial charge in [0.05, 0.1) is 4.90 Å². The van der Waals surface area contributed by atoms with Crippen molar-refractivity contribution in [2.45, 2.75) is 31.2 Å². The fraction of sp³-hybridized carbons (Fsp3) is 0.435. The van der Waals surface area contributed by atoms with E-state index < -0.39 is 10.0 Å². The van der Waals surface area contributed by atoms with E-state index in [1.165, 1.54) is 12.1 Å². The van der Waals surface area contributed by atoms with Crippen LogP contribution in [0.4, 0.5) is 5.69 Å². The lowest BCUT2D eigenvalue weighted by Gasteiger charge is -2.20. The summed E-state index contributed by atoms with van der Waals surface area (Å²) in [5.41, 5.74) is 0.727. The predicted molar refractivity (Wildman–Crippen MR) is 122 cm³/mol. The van der Waals surface area contributed by atoms with Crippen LogP contribution in [0.15, 0.2) is 47.4 Å². The maximum absolute atomic E-state index is 12.8. The highest BCUT2D eigenvalue weighted by molar-refractivity contribution is 7.92. The highest BCUT2D eigenvalue weighted by Gasteiger charge is 2.25. The van der Waals surface area contributed by atoms with Crippen molar-refractivity contribution in [1.82, 2.24) is 10.2 Å². The van der Waals surface area contributed by atoms with E-state index in [1.54, 1.807) is 30.3 Å². The van der Waals surface area contributed by atoms with Gasteiger partial charge in [0, 0.05) is 36.4 Å². The SMILES string of the molecule is CC(C)N1CCC(CNC(=O)c2cccc(NS(=O)(=O)c3ccc4c(c3)OCCO4)c2)C1. The van der Waals surface area contributed by atoms with Crippen molar-refractivity contribution in [3.05, 3.63) is 48.0 Å². The van der Waals surface area contributed by atoms with Gasteiger partial charge in [-0.2, -0.15) is 0 Å². The normalized spacial score (nSPS) is 18.5. The Morgan fingerprint density at radius 3 is 2.66 bits per heavy atom. The Hall–Kier alpha value is -2.78. The van der Waals surface area contributed by atoms with E-state index in [2.05, 4.69) is 28.8 Å². The fourth-order valence-corrected chi connectivity index (χ4v) is 5.03. The van der Waals surface area contributed by atoms with E-state index in [-0.39, 0.29) is 10.8 Å². The number of carbonyl (C=O) groups excluding carboxylic acids is 1. The number of amides is 1. The maximum Gasteiger partial charge on any atom is 0.262 e. The number of fused-ring (bicyclic) bond motifs is 1. The van der Waals surface area contributed by atoms with Gasteiger partial charge in [0.25, 0.3) is 15.9 Å². The molecule has 0 saturated carbocycles. The van der Waals surface area contributed by atoms with Gasteiger partial charge in [-0.1, -0.05) is 6.07 Å². The summed E-state index contributed by atoms with van der Waals surface area (Å²) in [6.07, 6.45) is 1.06. The Bertz CT molecular complexity index is 1090. The number of nitrogens with one attached hydrogen (secondary N) is 2. The zero-order valence-corrected chi connectivity index (χ0v) is 19.2. The van der Waals surface area contributed by atoms with Crippen molar-refractivity contribution in [1.29, 1.82) is 0 Å². The average Bonchev–Trinajstić information content (AvgIpc) is 3.26. The number of carbonyl (C=O) groups is 1. The van der Waals surface area contributed by atoms with Crippen LogP contribution in [0.2, 0.25) is 0 Å². The highest BCUT2D eigenvalue weighted by Crippen LogP contribution is 2.32. The van der Waals surface area contributed by atoms with Gasteiger partial charge in [-0.05, 0) is 63.1 Å². The summed E-state index contributed by atoms with van der Waals surface area (Å²) in [6, 6.07) is 11.5. The number of benzene rings is 2. The van der Waals surface area contributed by atoms with E-state index in [0.29, 0.717) is 54.5 Å².